The minimum Gasteiger partial charge on any atom is -0.394 e. The lowest BCUT2D eigenvalue weighted by molar-refractivity contribution is -0.302. The third kappa shape index (κ3) is 34.0. The Hall–Kier alpha value is -2.37. The Morgan fingerprint density at radius 2 is 0.969 bits per heavy atom. The third-order valence-corrected chi connectivity index (χ3v) is 12.0. The molecule has 6 N–H and O–H groups in total. The summed E-state index contributed by atoms with van der Waals surface area (Å²) in [5.74, 6) is -0.234. The molecule has 9 heteroatoms. The van der Waals surface area contributed by atoms with Crippen LogP contribution in [0.25, 0.3) is 0 Å². The van der Waals surface area contributed by atoms with Gasteiger partial charge in [0.2, 0.25) is 5.91 Å². The molecule has 1 amide bonds. The number of hydrogen-bond donors (Lipinski definition) is 6. The highest BCUT2D eigenvalue weighted by molar-refractivity contribution is 5.76. The highest BCUT2D eigenvalue weighted by Crippen LogP contribution is 2.23. The Kier molecular flexibility index (Phi) is 41.4. The normalized spacial score (nSPS) is 20.6. The van der Waals surface area contributed by atoms with Gasteiger partial charge in [-0.2, -0.15) is 0 Å². The van der Waals surface area contributed by atoms with E-state index in [0.29, 0.717) is 6.42 Å². The van der Waals surface area contributed by atoms with E-state index in [-0.39, 0.29) is 18.9 Å². The molecule has 9 nitrogen and oxygen atoms in total. The van der Waals surface area contributed by atoms with E-state index in [1.165, 1.54) is 128 Å². The predicted molar refractivity (Wildman–Crippen MR) is 267 cm³/mol. The van der Waals surface area contributed by atoms with Crippen LogP contribution < -0.4 is 5.32 Å². The highest BCUT2D eigenvalue weighted by Gasteiger charge is 2.44. The Bertz CT molecular complexity index is 1230. The van der Waals surface area contributed by atoms with Gasteiger partial charge in [-0.15, -0.1) is 0 Å². The van der Waals surface area contributed by atoms with Gasteiger partial charge in [-0.25, -0.2) is 0 Å². The van der Waals surface area contributed by atoms with Gasteiger partial charge in [0, 0.05) is 6.42 Å². The number of aliphatic hydroxyl groups excluding tert-OH is 5. The van der Waals surface area contributed by atoms with Crippen molar-refractivity contribution in [1.29, 1.82) is 0 Å². The van der Waals surface area contributed by atoms with Crippen LogP contribution in [0.5, 0.6) is 0 Å². The van der Waals surface area contributed by atoms with Crippen LogP contribution in [0.3, 0.4) is 0 Å². The van der Waals surface area contributed by atoms with Crippen molar-refractivity contribution in [2.45, 2.75) is 256 Å². The SMILES string of the molecule is CC/C=C\C/C=C\C/C=C\C/C=C\C/C=C\CCCC(=O)NC(COC1OC(CO)C(O)C(O)C1O)C(O)/C=C/CCCCCCCCCCCCCCCCCCCCCCCC. The summed E-state index contributed by atoms with van der Waals surface area (Å²) in [6.45, 7) is 3.63. The van der Waals surface area contributed by atoms with Gasteiger partial charge >= 0.3 is 0 Å². The van der Waals surface area contributed by atoms with E-state index in [4.69, 9.17) is 9.47 Å². The fourth-order valence-electron chi connectivity index (χ4n) is 7.90. The molecule has 1 aliphatic rings. The van der Waals surface area contributed by atoms with Gasteiger partial charge in [0.1, 0.15) is 24.4 Å². The lowest BCUT2D eigenvalue weighted by Crippen LogP contribution is -2.60. The number of rotatable bonds is 43. The van der Waals surface area contributed by atoms with E-state index in [1.54, 1.807) is 6.08 Å². The summed E-state index contributed by atoms with van der Waals surface area (Å²) in [5.41, 5.74) is 0. The third-order valence-electron chi connectivity index (χ3n) is 12.0. The average Bonchev–Trinajstić information content (AvgIpc) is 3.29. The first-order valence-corrected chi connectivity index (χ1v) is 26.2. The molecular weight excluding hydrogens is 803 g/mol. The van der Waals surface area contributed by atoms with Crippen LogP contribution in [0.1, 0.15) is 213 Å². The molecule has 370 valence electrons. The zero-order valence-electron chi connectivity index (χ0n) is 40.8. The summed E-state index contributed by atoms with van der Waals surface area (Å²) in [7, 11) is 0. The van der Waals surface area contributed by atoms with Gasteiger partial charge in [-0.1, -0.05) is 222 Å². The molecule has 1 rings (SSSR count). The maximum atomic E-state index is 13.0. The molecule has 1 aliphatic heterocycles. The molecule has 7 unspecified atom stereocenters. The minimum absolute atomic E-state index is 0.214. The van der Waals surface area contributed by atoms with Crippen LogP contribution in [0, 0.1) is 0 Å². The topological polar surface area (TPSA) is 149 Å². The van der Waals surface area contributed by atoms with Gasteiger partial charge in [-0.3, -0.25) is 4.79 Å². The summed E-state index contributed by atoms with van der Waals surface area (Å²) in [6, 6.07) is -0.839. The molecule has 1 saturated heterocycles. The largest absolute Gasteiger partial charge is 0.394 e. The molecule has 0 aromatic carbocycles. The van der Waals surface area contributed by atoms with Crippen LogP contribution in [-0.2, 0) is 14.3 Å². The number of carbonyl (C=O) groups excluding carboxylic acids is 1. The quantitative estimate of drug-likeness (QED) is 0.0262. The Morgan fingerprint density at radius 1 is 0.547 bits per heavy atom. The average molecular weight is 900 g/mol. The number of allylic oxidation sites excluding steroid dienone is 11. The smallest absolute Gasteiger partial charge is 0.220 e. The van der Waals surface area contributed by atoms with E-state index >= 15 is 0 Å². The molecule has 0 aromatic rings. The minimum atomic E-state index is -1.58. The van der Waals surface area contributed by atoms with Crippen molar-refractivity contribution in [3.8, 4) is 0 Å². The lowest BCUT2D eigenvalue weighted by Gasteiger charge is -2.40. The number of carbonyl (C=O) groups is 1. The van der Waals surface area contributed by atoms with Gasteiger partial charge in [0.25, 0.3) is 0 Å². The Labute approximate surface area is 391 Å². The van der Waals surface area contributed by atoms with Crippen molar-refractivity contribution in [2.75, 3.05) is 13.2 Å². The Morgan fingerprint density at radius 3 is 1.42 bits per heavy atom. The van der Waals surface area contributed by atoms with Crippen LogP contribution >= 0.6 is 0 Å². The fourth-order valence-corrected chi connectivity index (χ4v) is 7.90. The maximum Gasteiger partial charge on any atom is 0.220 e. The van der Waals surface area contributed by atoms with Crippen LogP contribution in [0.4, 0.5) is 0 Å². The maximum absolute atomic E-state index is 13.0. The zero-order valence-corrected chi connectivity index (χ0v) is 40.8. The van der Waals surface area contributed by atoms with E-state index < -0.39 is 49.5 Å². The summed E-state index contributed by atoms with van der Waals surface area (Å²) in [4.78, 5) is 13.0. The van der Waals surface area contributed by atoms with Crippen molar-refractivity contribution in [2.24, 2.45) is 0 Å². The van der Waals surface area contributed by atoms with Gasteiger partial charge in [-0.05, 0) is 57.8 Å². The molecule has 1 fully saturated rings. The second kappa shape index (κ2) is 44.5. The van der Waals surface area contributed by atoms with Crippen molar-refractivity contribution in [3.05, 3.63) is 72.9 Å². The highest BCUT2D eigenvalue weighted by atomic mass is 16.7. The first kappa shape index (κ1) is 59.6. The molecule has 0 aliphatic carbocycles. The molecule has 7 atom stereocenters. The number of amides is 1. The molecule has 64 heavy (non-hydrogen) atoms. The second-order valence-electron chi connectivity index (χ2n) is 17.9. The Balaban J connectivity index is 2.31. The summed E-state index contributed by atoms with van der Waals surface area (Å²) in [5, 5.41) is 54.3. The lowest BCUT2D eigenvalue weighted by atomic mass is 9.99. The molecular formula is C55H97NO8. The van der Waals surface area contributed by atoms with Crippen LogP contribution in [0.2, 0.25) is 0 Å². The number of nitrogens with one attached hydrogen (secondary N) is 1. The number of aliphatic hydroxyl groups is 5. The van der Waals surface area contributed by atoms with E-state index in [2.05, 4.69) is 79.9 Å². The summed E-state index contributed by atoms with van der Waals surface area (Å²) in [6.07, 6.45) is 53.9. The summed E-state index contributed by atoms with van der Waals surface area (Å²) >= 11 is 0. The predicted octanol–water partition coefficient (Wildman–Crippen LogP) is 12.1. The number of unbranched alkanes of at least 4 members (excludes halogenated alkanes) is 23. The van der Waals surface area contributed by atoms with E-state index in [9.17, 15) is 30.3 Å². The van der Waals surface area contributed by atoms with Gasteiger partial charge in [0.05, 0.1) is 25.4 Å². The van der Waals surface area contributed by atoms with Gasteiger partial charge in [0.15, 0.2) is 6.29 Å². The number of hydrogen-bond acceptors (Lipinski definition) is 8. The van der Waals surface area contributed by atoms with E-state index in [0.717, 1.165) is 57.8 Å². The van der Waals surface area contributed by atoms with E-state index in [1.807, 2.05) is 6.08 Å². The second-order valence-corrected chi connectivity index (χ2v) is 17.9. The molecule has 0 spiro atoms. The molecule has 0 aromatic heterocycles. The van der Waals surface area contributed by atoms with Crippen LogP contribution in [0.15, 0.2) is 72.9 Å². The van der Waals surface area contributed by atoms with Crippen molar-refractivity contribution in [1.82, 2.24) is 5.32 Å². The molecule has 1 heterocycles. The van der Waals surface area contributed by atoms with Gasteiger partial charge < -0.3 is 40.3 Å². The standard InChI is InChI=1S/C55H97NO8/c1-3-5-7-9-11-13-15-17-19-21-22-23-24-25-26-27-29-30-32-34-36-38-40-42-44-49(58)48(47-63-55-54(62)53(61)52(60)50(46-57)64-55)56-51(59)45-43-41-39-37-35-33-31-28-20-18-16-14-12-10-8-6-4-2/h6,8,12,14,18,20,31,33,37,39,42,44,48-50,52-55,57-58,60-62H,3-5,7,9-11,13,15-17,19,21-30,32,34-36,38,40-41,43,45-47H2,1-2H3,(H,56,59)/b8-6-,14-12-,20-18-,33-31-,39-37-,44-42+. The fraction of sp³-hybridized carbons (Fsp3) is 0.764. The molecule has 0 bridgehead atoms. The van der Waals surface area contributed by atoms with Crippen LogP contribution in [-0.4, -0.2) is 87.5 Å². The van der Waals surface area contributed by atoms with Crippen molar-refractivity contribution >= 4 is 5.91 Å². The van der Waals surface area contributed by atoms with Crippen molar-refractivity contribution < 1.29 is 39.8 Å². The molecule has 0 radical (unpaired) electrons. The monoisotopic (exact) mass is 900 g/mol. The first-order chi connectivity index (χ1) is 31.3. The van der Waals surface area contributed by atoms with Crippen molar-refractivity contribution in [3.63, 3.8) is 0 Å². The summed E-state index contributed by atoms with van der Waals surface area (Å²) < 4.78 is 11.2. The zero-order chi connectivity index (χ0) is 46.6. The first-order valence-electron chi connectivity index (χ1n) is 26.2. The molecule has 0 saturated carbocycles. The number of ether oxygens (including phenoxy) is 2.